The zero-order valence-electron chi connectivity index (χ0n) is 8.85. The summed E-state index contributed by atoms with van der Waals surface area (Å²) in [7, 11) is -1.47. The lowest BCUT2D eigenvalue weighted by molar-refractivity contribution is 0.598. The Hall–Kier alpha value is -0.980. The van der Waals surface area contributed by atoms with Gasteiger partial charge in [-0.2, -0.15) is 0 Å². The van der Waals surface area contributed by atoms with Crippen LogP contribution in [0.1, 0.15) is 5.56 Å². The normalized spacial score (nSPS) is 11.2. The van der Waals surface area contributed by atoms with Crippen molar-refractivity contribution in [1.29, 1.82) is 0 Å². The van der Waals surface area contributed by atoms with Gasteiger partial charge in [-0.25, -0.2) is 0 Å². The molecular weight excluding hydrogens is 283 g/mol. The minimum Gasteiger partial charge on any atom is -0.0613 e. The summed E-state index contributed by atoms with van der Waals surface area (Å²) in [5.74, 6) is 0. The van der Waals surface area contributed by atoms with Crippen LogP contribution in [0, 0.1) is 6.92 Å². The van der Waals surface area contributed by atoms with Crippen molar-refractivity contribution in [3.63, 3.8) is 0 Å². The summed E-state index contributed by atoms with van der Waals surface area (Å²) in [5.41, 5.74) is 1.18. The highest BCUT2D eigenvalue weighted by atomic mass is 79.9. The van der Waals surface area contributed by atoms with Crippen LogP contribution in [0.25, 0.3) is 0 Å². The number of benzene rings is 2. The molecule has 1 nitrogen and oxygen atoms in total. The van der Waals surface area contributed by atoms with Crippen LogP contribution in [0.15, 0.2) is 53.0 Å². The molecule has 1 atom stereocenters. The van der Waals surface area contributed by atoms with E-state index in [2.05, 4.69) is 15.9 Å². The topological polar surface area (TPSA) is 17.1 Å². The van der Waals surface area contributed by atoms with Gasteiger partial charge in [-0.15, -0.1) is 0 Å². The molecule has 0 amide bonds. The molecule has 0 saturated heterocycles. The van der Waals surface area contributed by atoms with E-state index in [0.29, 0.717) is 0 Å². The van der Waals surface area contributed by atoms with Crippen LogP contribution in [0.5, 0.6) is 0 Å². The van der Waals surface area contributed by atoms with Crippen molar-refractivity contribution in [2.75, 3.05) is 0 Å². The third-order valence-corrected chi connectivity index (χ3v) is 4.39. The zero-order chi connectivity index (χ0) is 11.5. The Morgan fingerprint density at radius 2 is 1.31 bits per heavy atom. The first kappa shape index (κ1) is 11.5. The van der Waals surface area contributed by atoms with Crippen molar-refractivity contribution in [1.82, 2.24) is 0 Å². The third-order valence-electron chi connectivity index (χ3n) is 2.33. The molecule has 0 spiro atoms. The van der Waals surface area contributed by atoms with E-state index in [9.17, 15) is 4.57 Å². The van der Waals surface area contributed by atoms with Crippen LogP contribution >= 0.6 is 23.7 Å². The average molecular weight is 294 g/mol. The summed E-state index contributed by atoms with van der Waals surface area (Å²) >= 11 is 3.37. The standard InChI is InChI=1S/C13H11BrOP/c1-10-2-6-12(7-3-10)16(15)13-8-4-11(14)5-9-13/h2-9H,1H3/q+1. The first-order valence-corrected chi connectivity index (χ1v) is 7.01. The van der Waals surface area contributed by atoms with E-state index in [-0.39, 0.29) is 0 Å². The summed E-state index contributed by atoms with van der Waals surface area (Å²) < 4.78 is 13.2. The van der Waals surface area contributed by atoms with Gasteiger partial charge < -0.3 is 0 Å². The van der Waals surface area contributed by atoms with Crippen LogP contribution in [0.4, 0.5) is 0 Å². The van der Waals surface area contributed by atoms with Crippen LogP contribution in [0.2, 0.25) is 0 Å². The van der Waals surface area contributed by atoms with Gasteiger partial charge in [-0.05, 0) is 43.3 Å². The van der Waals surface area contributed by atoms with Gasteiger partial charge in [0.05, 0.1) is 0 Å². The lowest BCUT2D eigenvalue weighted by Crippen LogP contribution is -2.05. The number of hydrogen-bond donors (Lipinski definition) is 0. The molecule has 1 unspecified atom stereocenters. The molecule has 0 radical (unpaired) electrons. The second-order valence-corrected chi connectivity index (χ2v) is 6.14. The Labute approximate surface area is 104 Å². The largest absolute Gasteiger partial charge is 0.415 e. The van der Waals surface area contributed by atoms with Gasteiger partial charge in [-0.3, -0.25) is 0 Å². The molecule has 0 bridgehead atoms. The number of halogens is 1. The van der Waals surface area contributed by atoms with E-state index >= 15 is 0 Å². The molecule has 16 heavy (non-hydrogen) atoms. The summed E-state index contributed by atoms with van der Waals surface area (Å²) in [5, 5.41) is 1.74. The van der Waals surface area contributed by atoms with E-state index in [1.807, 2.05) is 55.5 Å². The van der Waals surface area contributed by atoms with Gasteiger partial charge in [0.1, 0.15) is 0 Å². The SMILES string of the molecule is Cc1ccc([P+](=O)c2ccc(Br)cc2)cc1. The summed E-state index contributed by atoms with van der Waals surface area (Å²) in [6.07, 6.45) is 0. The molecular formula is C13H11BrOP+. The van der Waals surface area contributed by atoms with Crippen molar-refractivity contribution in [2.24, 2.45) is 0 Å². The van der Waals surface area contributed by atoms with E-state index < -0.39 is 7.80 Å². The predicted octanol–water partition coefficient (Wildman–Crippen LogP) is 3.54. The first-order valence-electron chi connectivity index (χ1n) is 4.96. The smallest absolute Gasteiger partial charge is 0.0613 e. The van der Waals surface area contributed by atoms with Crippen molar-refractivity contribution in [2.45, 2.75) is 6.92 Å². The van der Waals surface area contributed by atoms with Gasteiger partial charge in [0, 0.05) is 4.47 Å². The van der Waals surface area contributed by atoms with Crippen molar-refractivity contribution < 1.29 is 4.57 Å². The average Bonchev–Trinajstić information content (AvgIpc) is 2.30. The first-order chi connectivity index (χ1) is 7.66. The van der Waals surface area contributed by atoms with Gasteiger partial charge >= 0.3 is 7.80 Å². The van der Waals surface area contributed by atoms with Crippen molar-refractivity contribution in [3.8, 4) is 0 Å². The lowest BCUT2D eigenvalue weighted by atomic mass is 10.2. The Morgan fingerprint density at radius 1 is 0.875 bits per heavy atom. The molecule has 0 fully saturated rings. The summed E-state index contributed by atoms with van der Waals surface area (Å²) in [6, 6.07) is 15.4. The van der Waals surface area contributed by atoms with E-state index in [0.717, 1.165) is 15.1 Å². The minimum absolute atomic E-state index is 0.863. The fraction of sp³-hybridized carbons (Fsp3) is 0.0769. The van der Waals surface area contributed by atoms with Crippen molar-refractivity contribution in [3.05, 3.63) is 58.6 Å². The molecule has 0 heterocycles. The van der Waals surface area contributed by atoms with Crippen LogP contribution in [-0.2, 0) is 4.57 Å². The van der Waals surface area contributed by atoms with Crippen LogP contribution < -0.4 is 10.6 Å². The predicted molar refractivity (Wildman–Crippen MR) is 72.2 cm³/mol. The number of rotatable bonds is 2. The van der Waals surface area contributed by atoms with Gasteiger partial charge in [0.15, 0.2) is 10.6 Å². The fourth-order valence-electron chi connectivity index (χ4n) is 1.41. The number of hydrogen-bond acceptors (Lipinski definition) is 1. The third kappa shape index (κ3) is 2.58. The second-order valence-electron chi connectivity index (χ2n) is 3.61. The molecule has 0 N–H and O–H groups in total. The lowest BCUT2D eigenvalue weighted by Gasteiger charge is -1.92. The summed E-state index contributed by atoms with van der Waals surface area (Å²) in [4.78, 5) is 0. The Kier molecular flexibility index (Phi) is 3.52. The fourth-order valence-corrected chi connectivity index (χ4v) is 2.81. The maximum absolute atomic E-state index is 12.2. The summed E-state index contributed by atoms with van der Waals surface area (Å²) in [6.45, 7) is 2.02. The maximum Gasteiger partial charge on any atom is 0.415 e. The Morgan fingerprint density at radius 3 is 1.81 bits per heavy atom. The molecule has 0 aromatic heterocycles. The monoisotopic (exact) mass is 293 g/mol. The quantitative estimate of drug-likeness (QED) is 0.774. The molecule has 0 aliphatic heterocycles. The highest BCUT2D eigenvalue weighted by molar-refractivity contribution is 9.10. The minimum atomic E-state index is -1.47. The van der Waals surface area contributed by atoms with E-state index in [4.69, 9.17) is 0 Å². The van der Waals surface area contributed by atoms with Gasteiger partial charge in [0.25, 0.3) is 0 Å². The molecule has 0 aliphatic carbocycles. The van der Waals surface area contributed by atoms with Gasteiger partial charge in [-0.1, -0.05) is 38.2 Å². The molecule has 2 aromatic rings. The van der Waals surface area contributed by atoms with E-state index in [1.165, 1.54) is 5.56 Å². The molecule has 2 rings (SSSR count). The zero-order valence-corrected chi connectivity index (χ0v) is 11.3. The molecule has 3 heteroatoms. The van der Waals surface area contributed by atoms with Crippen LogP contribution in [-0.4, -0.2) is 0 Å². The van der Waals surface area contributed by atoms with Crippen molar-refractivity contribution >= 4 is 34.3 Å². The molecule has 0 saturated carbocycles. The van der Waals surface area contributed by atoms with Crippen LogP contribution in [0.3, 0.4) is 0 Å². The molecule has 0 aliphatic rings. The van der Waals surface area contributed by atoms with Gasteiger partial charge in [0.2, 0.25) is 0 Å². The highest BCUT2D eigenvalue weighted by Crippen LogP contribution is 2.20. The Balaban J connectivity index is 2.32. The van der Waals surface area contributed by atoms with E-state index in [1.54, 1.807) is 0 Å². The Bertz CT molecular complexity index is 455. The number of aryl methyl sites for hydroxylation is 1. The molecule has 2 aromatic carbocycles. The highest BCUT2D eigenvalue weighted by Gasteiger charge is 2.22. The molecule has 80 valence electrons. The maximum atomic E-state index is 12.2. The second kappa shape index (κ2) is 4.90.